The van der Waals surface area contributed by atoms with Gasteiger partial charge in [-0.05, 0) is 36.6 Å². The Bertz CT molecular complexity index is 869. The minimum atomic E-state index is -4.58. The first-order valence-corrected chi connectivity index (χ1v) is 12.4. The van der Waals surface area contributed by atoms with Crippen LogP contribution in [-0.4, -0.2) is 13.0 Å². The monoisotopic (exact) mass is 456 g/mol. The molecule has 0 unspecified atom stereocenters. The van der Waals surface area contributed by atoms with Crippen LogP contribution in [-0.2, 0) is 16.5 Å². The topological polar surface area (TPSA) is 86.7 Å². The fraction of sp³-hybridized carbons (Fsp3) is 0.500. The summed E-state index contributed by atoms with van der Waals surface area (Å²) in [6, 6.07) is 11.2. The SMILES string of the molecule is CCCCCCCCCCCCc1cc([O-])c(Oc2ccccc2)c(S(=O)(=O)O)c1.[Na+]. The summed E-state index contributed by atoms with van der Waals surface area (Å²) in [6.45, 7) is 2.22. The number of hydrogen-bond donors (Lipinski definition) is 1. The maximum Gasteiger partial charge on any atom is 1.00 e. The molecule has 0 saturated carbocycles. The van der Waals surface area contributed by atoms with Gasteiger partial charge in [-0.3, -0.25) is 4.55 Å². The van der Waals surface area contributed by atoms with Crippen molar-refractivity contribution in [1.82, 2.24) is 0 Å². The number of ether oxygens (including phenoxy) is 1. The van der Waals surface area contributed by atoms with E-state index in [0.29, 0.717) is 17.7 Å². The molecule has 166 valence electrons. The van der Waals surface area contributed by atoms with Crippen LogP contribution in [0.3, 0.4) is 0 Å². The summed E-state index contributed by atoms with van der Waals surface area (Å²) in [5, 5.41) is 12.5. The Morgan fingerprint density at radius 1 is 0.871 bits per heavy atom. The van der Waals surface area contributed by atoms with E-state index < -0.39 is 20.8 Å². The smallest absolute Gasteiger partial charge is 0.870 e. The Morgan fingerprint density at radius 2 is 1.42 bits per heavy atom. The van der Waals surface area contributed by atoms with Crippen molar-refractivity contribution in [3.63, 3.8) is 0 Å². The Balaban J connectivity index is 0.00000480. The first kappa shape index (κ1) is 28.0. The van der Waals surface area contributed by atoms with E-state index >= 15 is 0 Å². The molecule has 0 bridgehead atoms. The minimum absolute atomic E-state index is 0. The van der Waals surface area contributed by atoms with Crippen molar-refractivity contribution >= 4 is 10.1 Å². The zero-order valence-corrected chi connectivity index (χ0v) is 21.6. The predicted molar refractivity (Wildman–Crippen MR) is 118 cm³/mol. The number of unbranched alkanes of at least 4 members (excludes halogenated alkanes) is 9. The zero-order chi connectivity index (χ0) is 21.8. The molecule has 2 aromatic carbocycles. The second-order valence-electron chi connectivity index (χ2n) is 7.74. The van der Waals surface area contributed by atoms with E-state index in [2.05, 4.69) is 6.92 Å². The fourth-order valence-corrected chi connectivity index (χ4v) is 4.17. The molecule has 2 aromatic rings. The molecule has 0 amide bonds. The van der Waals surface area contributed by atoms with Gasteiger partial charge in [0, 0.05) is 0 Å². The Hall–Kier alpha value is -1.05. The largest absolute Gasteiger partial charge is 1.00 e. The number of hydrogen-bond acceptors (Lipinski definition) is 4. The molecule has 1 N–H and O–H groups in total. The molecule has 0 aromatic heterocycles. The molecule has 0 saturated heterocycles. The molecular weight excluding hydrogens is 423 g/mol. The van der Waals surface area contributed by atoms with Gasteiger partial charge in [0.25, 0.3) is 10.1 Å². The normalized spacial score (nSPS) is 11.2. The van der Waals surface area contributed by atoms with E-state index in [1.54, 1.807) is 30.3 Å². The van der Waals surface area contributed by atoms with Gasteiger partial charge in [0.05, 0.1) is 0 Å². The Kier molecular flexibility index (Phi) is 13.5. The second-order valence-corrected chi connectivity index (χ2v) is 9.13. The third-order valence-corrected chi connectivity index (χ3v) is 6.00. The maximum atomic E-state index is 12.5. The third-order valence-electron chi connectivity index (χ3n) is 5.14. The molecule has 2 rings (SSSR count). The second kappa shape index (κ2) is 14.9. The Labute approximate surface area is 209 Å². The number of benzene rings is 2. The zero-order valence-electron chi connectivity index (χ0n) is 18.8. The third kappa shape index (κ3) is 10.4. The van der Waals surface area contributed by atoms with Crippen LogP contribution in [0.25, 0.3) is 0 Å². The van der Waals surface area contributed by atoms with Crippen LogP contribution >= 0.6 is 0 Å². The van der Waals surface area contributed by atoms with Gasteiger partial charge in [0.1, 0.15) is 16.4 Å². The van der Waals surface area contributed by atoms with Crippen LogP contribution in [0.15, 0.2) is 47.4 Å². The first-order chi connectivity index (χ1) is 14.4. The van der Waals surface area contributed by atoms with E-state index in [1.165, 1.54) is 57.1 Å². The van der Waals surface area contributed by atoms with Gasteiger partial charge in [0.15, 0.2) is 0 Å². The Morgan fingerprint density at radius 3 is 1.97 bits per heavy atom. The molecule has 0 fully saturated rings. The van der Waals surface area contributed by atoms with Crippen molar-refractivity contribution in [1.29, 1.82) is 0 Å². The fourth-order valence-electron chi connectivity index (χ4n) is 3.49. The number of rotatable bonds is 14. The average Bonchev–Trinajstić information content (AvgIpc) is 2.71. The summed E-state index contributed by atoms with van der Waals surface area (Å²) >= 11 is 0. The summed E-state index contributed by atoms with van der Waals surface area (Å²) in [5.41, 5.74) is 0.604. The van der Waals surface area contributed by atoms with Gasteiger partial charge in [-0.1, -0.05) is 94.7 Å². The van der Waals surface area contributed by atoms with Crippen LogP contribution in [0, 0.1) is 0 Å². The number of para-hydroxylation sites is 1. The molecule has 7 heteroatoms. The van der Waals surface area contributed by atoms with E-state index in [0.717, 1.165) is 19.3 Å². The number of aryl methyl sites for hydroxylation is 1. The molecule has 0 radical (unpaired) electrons. The molecular formula is C24H33NaO5S. The van der Waals surface area contributed by atoms with Crippen LogP contribution in [0.1, 0.15) is 76.7 Å². The van der Waals surface area contributed by atoms with Gasteiger partial charge in [-0.2, -0.15) is 8.42 Å². The van der Waals surface area contributed by atoms with Crippen molar-refractivity contribution in [2.75, 3.05) is 0 Å². The van der Waals surface area contributed by atoms with Crippen molar-refractivity contribution in [3.05, 3.63) is 48.0 Å². The van der Waals surface area contributed by atoms with Crippen molar-refractivity contribution in [2.45, 2.75) is 82.4 Å². The summed E-state index contributed by atoms with van der Waals surface area (Å²) in [5.74, 6) is -0.575. The van der Waals surface area contributed by atoms with E-state index in [-0.39, 0.29) is 35.3 Å². The van der Waals surface area contributed by atoms with E-state index in [1.807, 2.05) is 0 Å². The van der Waals surface area contributed by atoms with Gasteiger partial charge in [-0.25, -0.2) is 0 Å². The molecule has 0 spiro atoms. The van der Waals surface area contributed by atoms with Crippen molar-refractivity contribution in [3.8, 4) is 17.2 Å². The molecule has 0 heterocycles. The molecule has 0 aliphatic rings. The molecule has 5 nitrogen and oxygen atoms in total. The average molecular weight is 457 g/mol. The van der Waals surface area contributed by atoms with Crippen LogP contribution < -0.4 is 39.4 Å². The summed E-state index contributed by atoms with van der Waals surface area (Å²) in [4.78, 5) is -0.471. The summed E-state index contributed by atoms with van der Waals surface area (Å²) < 4.78 is 38.7. The van der Waals surface area contributed by atoms with Gasteiger partial charge in [0.2, 0.25) is 0 Å². The van der Waals surface area contributed by atoms with Gasteiger partial charge < -0.3 is 9.84 Å². The summed E-state index contributed by atoms with van der Waals surface area (Å²) in [6.07, 6.45) is 12.6. The minimum Gasteiger partial charge on any atom is -0.870 e. The van der Waals surface area contributed by atoms with Crippen molar-refractivity contribution < 1.29 is 52.4 Å². The van der Waals surface area contributed by atoms with Crippen molar-refractivity contribution in [2.24, 2.45) is 0 Å². The molecule has 0 atom stereocenters. The quantitative estimate of drug-likeness (QED) is 0.268. The van der Waals surface area contributed by atoms with Gasteiger partial charge >= 0.3 is 29.6 Å². The molecule has 31 heavy (non-hydrogen) atoms. The standard InChI is InChI=1S/C24H34O5S.Na/c1-2-3-4-5-6-7-8-9-10-12-15-20-18-22(25)24(23(19-20)30(26,27)28)29-21-16-13-11-14-17-21;/h11,13-14,16-19,25H,2-10,12,15H2,1H3,(H,26,27,28);/q;+1/p-1. The molecule has 0 aliphatic carbocycles. The van der Waals surface area contributed by atoms with E-state index in [9.17, 15) is 18.1 Å². The van der Waals surface area contributed by atoms with E-state index in [4.69, 9.17) is 4.74 Å². The molecule has 0 aliphatic heterocycles. The van der Waals surface area contributed by atoms with Crippen LogP contribution in [0.2, 0.25) is 0 Å². The summed E-state index contributed by atoms with van der Waals surface area (Å²) in [7, 11) is -4.58. The van der Waals surface area contributed by atoms with Gasteiger partial charge in [-0.15, -0.1) is 0 Å². The maximum absolute atomic E-state index is 12.5. The van der Waals surface area contributed by atoms with Crippen LogP contribution in [0.5, 0.6) is 17.2 Å². The predicted octanol–water partition coefficient (Wildman–Crippen LogP) is 3.27. The first-order valence-electron chi connectivity index (χ1n) is 11.0. The van der Waals surface area contributed by atoms with Crippen LogP contribution in [0.4, 0.5) is 0 Å².